The van der Waals surface area contributed by atoms with Crippen LogP contribution in [0.3, 0.4) is 0 Å². The third kappa shape index (κ3) is 8.89. The predicted octanol–water partition coefficient (Wildman–Crippen LogP) is 5.09. The summed E-state index contributed by atoms with van der Waals surface area (Å²) in [5.74, 6) is -1.57. The molecule has 3 aromatic carbocycles. The summed E-state index contributed by atoms with van der Waals surface area (Å²) in [5.41, 5.74) is 3.70. The van der Waals surface area contributed by atoms with E-state index in [0.29, 0.717) is 30.0 Å². The van der Waals surface area contributed by atoms with Crippen molar-refractivity contribution in [3.05, 3.63) is 101 Å². The quantitative estimate of drug-likeness (QED) is 0.204. The summed E-state index contributed by atoms with van der Waals surface area (Å²) >= 11 is 1.43. The average molecular weight is 580 g/mol. The predicted molar refractivity (Wildman–Crippen MR) is 152 cm³/mol. The van der Waals surface area contributed by atoms with E-state index in [0.717, 1.165) is 22.3 Å². The molecule has 1 fully saturated rings. The molecule has 1 amide bonds. The second-order valence-corrected chi connectivity index (χ2v) is 10.8. The van der Waals surface area contributed by atoms with Gasteiger partial charge in [-0.25, -0.2) is 4.79 Å². The standard InChI is InChI=1S/C31H33NO8S/c33-18-21-10-12-22(13-11-21)26-16-24(19-41-27-5-2-1-4-25(27)30(37)38)39-31(40-26)23-14-8-20(9-15-23)17-32-28(34)6-3-7-29(35)36/h1-2,4-5,8-15,24,26,31,33H,3,6-7,16-19H2,(H,32,34)(H,35,36)(H,37,38)/t24-,26+,31+/m1/s1. The van der Waals surface area contributed by atoms with Gasteiger partial charge >= 0.3 is 11.9 Å². The molecule has 9 nitrogen and oxygen atoms in total. The molecule has 0 bridgehead atoms. The Kier molecular flexibility index (Phi) is 10.9. The molecule has 3 atom stereocenters. The molecule has 1 heterocycles. The number of carbonyl (C=O) groups is 3. The van der Waals surface area contributed by atoms with E-state index in [1.54, 1.807) is 18.2 Å². The van der Waals surface area contributed by atoms with Gasteiger partial charge in [-0.15, -0.1) is 11.8 Å². The van der Waals surface area contributed by atoms with Gasteiger partial charge in [-0.1, -0.05) is 60.7 Å². The van der Waals surface area contributed by atoms with Crippen LogP contribution in [0.25, 0.3) is 0 Å². The Morgan fingerprint density at radius 2 is 1.54 bits per heavy atom. The lowest BCUT2D eigenvalue weighted by molar-refractivity contribution is -0.245. The first-order valence-electron chi connectivity index (χ1n) is 13.4. The Morgan fingerprint density at radius 3 is 2.22 bits per heavy atom. The van der Waals surface area contributed by atoms with Crippen LogP contribution in [0.15, 0.2) is 77.7 Å². The smallest absolute Gasteiger partial charge is 0.336 e. The summed E-state index contributed by atoms with van der Waals surface area (Å²) in [4.78, 5) is 34.9. The minimum atomic E-state index is -0.975. The number of aliphatic hydroxyl groups is 1. The van der Waals surface area contributed by atoms with E-state index >= 15 is 0 Å². The third-order valence-corrected chi connectivity index (χ3v) is 7.90. The second kappa shape index (κ2) is 14.8. The van der Waals surface area contributed by atoms with Gasteiger partial charge in [-0.3, -0.25) is 9.59 Å². The van der Waals surface area contributed by atoms with E-state index in [-0.39, 0.29) is 43.1 Å². The van der Waals surface area contributed by atoms with Crippen LogP contribution >= 0.6 is 11.8 Å². The molecule has 1 saturated heterocycles. The SMILES string of the molecule is O=C(O)CCCC(=O)NCc1ccc([C@H]2O[C@@H](CSc3ccccc3C(=O)O)C[C@@H](c3ccc(CO)cc3)O2)cc1. The minimum absolute atomic E-state index is 0.0400. The van der Waals surface area contributed by atoms with Crippen LogP contribution in [0.5, 0.6) is 0 Å². The van der Waals surface area contributed by atoms with Crippen molar-refractivity contribution < 1.29 is 39.2 Å². The Balaban J connectivity index is 1.44. The molecule has 1 aliphatic heterocycles. The van der Waals surface area contributed by atoms with Gasteiger partial charge in [0.15, 0.2) is 6.29 Å². The van der Waals surface area contributed by atoms with Gasteiger partial charge in [0.25, 0.3) is 0 Å². The van der Waals surface area contributed by atoms with Crippen LogP contribution in [0.2, 0.25) is 0 Å². The van der Waals surface area contributed by atoms with Crippen LogP contribution in [0.1, 0.15) is 70.7 Å². The molecule has 4 N–H and O–H groups in total. The Morgan fingerprint density at radius 1 is 0.854 bits per heavy atom. The number of ether oxygens (including phenoxy) is 2. The Hall–Kier alpha value is -3.70. The fourth-order valence-electron chi connectivity index (χ4n) is 4.46. The zero-order valence-corrected chi connectivity index (χ0v) is 23.2. The molecule has 0 radical (unpaired) electrons. The van der Waals surface area contributed by atoms with Crippen LogP contribution < -0.4 is 5.32 Å². The highest BCUT2D eigenvalue weighted by molar-refractivity contribution is 7.99. The molecule has 0 aliphatic carbocycles. The average Bonchev–Trinajstić information content (AvgIpc) is 2.99. The Bertz CT molecular complexity index is 1330. The van der Waals surface area contributed by atoms with Crippen molar-refractivity contribution in [2.45, 2.75) is 62.2 Å². The third-order valence-electron chi connectivity index (χ3n) is 6.69. The summed E-state index contributed by atoms with van der Waals surface area (Å²) in [5, 5.41) is 30.5. The molecular formula is C31H33NO8S. The number of carbonyl (C=O) groups excluding carboxylic acids is 1. The van der Waals surface area contributed by atoms with Gasteiger partial charge in [-0.05, 0) is 35.2 Å². The monoisotopic (exact) mass is 579 g/mol. The summed E-state index contributed by atoms with van der Waals surface area (Å²) in [7, 11) is 0. The number of aromatic carboxylic acids is 1. The van der Waals surface area contributed by atoms with Gasteiger partial charge < -0.3 is 30.1 Å². The number of nitrogens with one attached hydrogen (secondary N) is 1. The number of hydrogen-bond donors (Lipinski definition) is 4. The van der Waals surface area contributed by atoms with Gasteiger partial charge in [0.05, 0.1) is 24.4 Å². The van der Waals surface area contributed by atoms with E-state index in [9.17, 15) is 24.6 Å². The zero-order chi connectivity index (χ0) is 29.2. The van der Waals surface area contributed by atoms with Crippen LogP contribution in [-0.4, -0.2) is 45.0 Å². The van der Waals surface area contributed by atoms with Crippen molar-refractivity contribution >= 4 is 29.6 Å². The molecule has 0 spiro atoms. The van der Waals surface area contributed by atoms with Crippen LogP contribution in [0, 0.1) is 0 Å². The second-order valence-electron chi connectivity index (χ2n) is 9.73. The maximum absolute atomic E-state index is 12.0. The molecule has 0 saturated carbocycles. The number of benzene rings is 3. The van der Waals surface area contributed by atoms with E-state index in [1.807, 2.05) is 54.6 Å². The highest BCUT2D eigenvalue weighted by Gasteiger charge is 2.32. The van der Waals surface area contributed by atoms with Crippen molar-refractivity contribution in [3.8, 4) is 0 Å². The highest BCUT2D eigenvalue weighted by atomic mass is 32.2. The van der Waals surface area contributed by atoms with Crippen molar-refractivity contribution in [3.63, 3.8) is 0 Å². The van der Waals surface area contributed by atoms with Crippen molar-refractivity contribution in [2.24, 2.45) is 0 Å². The Labute approximate surface area is 242 Å². The first-order valence-corrected chi connectivity index (χ1v) is 14.3. The molecule has 1 aliphatic rings. The van der Waals surface area contributed by atoms with Crippen molar-refractivity contribution in [1.29, 1.82) is 0 Å². The largest absolute Gasteiger partial charge is 0.481 e. The van der Waals surface area contributed by atoms with Gasteiger partial charge in [0.2, 0.25) is 5.91 Å². The van der Waals surface area contributed by atoms with Crippen molar-refractivity contribution in [2.75, 3.05) is 5.75 Å². The summed E-state index contributed by atoms with van der Waals surface area (Å²) in [6, 6.07) is 22.0. The number of aliphatic hydroxyl groups excluding tert-OH is 1. The molecule has 0 aromatic heterocycles. The van der Waals surface area contributed by atoms with Gasteiger partial charge in [0.1, 0.15) is 0 Å². The number of hydrogen-bond acceptors (Lipinski definition) is 7. The molecule has 0 unspecified atom stereocenters. The lowest BCUT2D eigenvalue weighted by atomic mass is 10.0. The molecule has 4 rings (SSSR count). The molecular weight excluding hydrogens is 546 g/mol. The zero-order valence-electron chi connectivity index (χ0n) is 22.4. The number of carboxylic acid groups (broad SMARTS) is 2. The summed E-state index contributed by atoms with van der Waals surface area (Å²) in [6.07, 6.45) is -0.178. The summed E-state index contributed by atoms with van der Waals surface area (Å²) in [6.45, 7) is 0.273. The number of amides is 1. The van der Waals surface area contributed by atoms with Crippen molar-refractivity contribution in [1.82, 2.24) is 5.32 Å². The number of carboxylic acids is 2. The van der Waals surface area contributed by atoms with E-state index < -0.39 is 18.2 Å². The lowest BCUT2D eigenvalue weighted by Gasteiger charge is -2.36. The maximum Gasteiger partial charge on any atom is 0.336 e. The minimum Gasteiger partial charge on any atom is -0.481 e. The first kappa shape index (κ1) is 30.3. The van der Waals surface area contributed by atoms with E-state index in [1.165, 1.54) is 11.8 Å². The molecule has 10 heteroatoms. The van der Waals surface area contributed by atoms with E-state index in [2.05, 4.69) is 5.32 Å². The fourth-order valence-corrected chi connectivity index (χ4v) is 5.52. The van der Waals surface area contributed by atoms with E-state index in [4.69, 9.17) is 14.6 Å². The lowest BCUT2D eigenvalue weighted by Crippen LogP contribution is -2.31. The molecule has 3 aromatic rings. The molecule has 216 valence electrons. The normalized spacial score (nSPS) is 18.5. The maximum atomic E-state index is 12.0. The number of aliphatic carboxylic acids is 1. The van der Waals surface area contributed by atoms with Crippen LogP contribution in [0.4, 0.5) is 0 Å². The van der Waals surface area contributed by atoms with Gasteiger partial charge in [0, 0.05) is 42.0 Å². The highest BCUT2D eigenvalue weighted by Crippen LogP contribution is 2.39. The topological polar surface area (TPSA) is 142 Å². The summed E-state index contributed by atoms with van der Waals surface area (Å²) < 4.78 is 12.7. The van der Waals surface area contributed by atoms with Crippen LogP contribution in [-0.2, 0) is 32.2 Å². The number of rotatable bonds is 13. The molecule has 41 heavy (non-hydrogen) atoms. The van der Waals surface area contributed by atoms with Gasteiger partial charge in [-0.2, -0.15) is 0 Å². The first-order chi connectivity index (χ1) is 19.8. The number of thioether (sulfide) groups is 1. The fraction of sp³-hybridized carbons (Fsp3) is 0.323.